The Labute approximate surface area is 140 Å². The predicted octanol–water partition coefficient (Wildman–Crippen LogP) is 2.96. The molecule has 3 rings (SSSR count). The number of aliphatic hydroxyl groups excluding tert-OH is 1. The molecule has 3 heteroatoms. The highest BCUT2D eigenvalue weighted by atomic mass is 16.3. The second kappa shape index (κ2) is 8.09. The lowest BCUT2D eigenvalue weighted by molar-refractivity contribution is 0.258. The van der Waals surface area contributed by atoms with Crippen molar-refractivity contribution in [3.05, 3.63) is 41.5 Å². The molecule has 0 saturated heterocycles. The predicted molar refractivity (Wildman–Crippen MR) is 96.3 cm³/mol. The van der Waals surface area contributed by atoms with Gasteiger partial charge in [0.1, 0.15) is 0 Å². The highest BCUT2D eigenvalue weighted by molar-refractivity contribution is 5.53. The van der Waals surface area contributed by atoms with E-state index in [-0.39, 0.29) is 6.61 Å². The Morgan fingerprint density at radius 1 is 1.13 bits per heavy atom. The summed E-state index contributed by atoms with van der Waals surface area (Å²) in [6, 6.07) is 12.6. The molecule has 2 aliphatic rings. The van der Waals surface area contributed by atoms with Gasteiger partial charge in [-0.2, -0.15) is 0 Å². The molecule has 0 aliphatic heterocycles. The lowest BCUT2D eigenvalue weighted by atomic mass is 9.91. The Bertz CT molecular complexity index is 506. The summed E-state index contributed by atoms with van der Waals surface area (Å²) in [5.74, 6) is 0.723. The largest absolute Gasteiger partial charge is 0.395 e. The molecule has 126 valence electrons. The molecule has 0 heterocycles. The Morgan fingerprint density at radius 2 is 1.83 bits per heavy atom. The Balaban J connectivity index is 1.41. The van der Waals surface area contributed by atoms with Gasteiger partial charge in [-0.15, -0.1) is 0 Å². The van der Waals surface area contributed by atoms with Crippen molar-refractivity contribution in [1.82, 2.24) is 10.6 Å². The summed E-state index contributed by atoms with van der Waals surface area (Å²) in [7, 11) is 0. The van der Waals surface area contributed by atoms with Gasteiger partial charge < -0.3 is 15.7 Å². The molecule has 0 aromatic heterocycles. The molecule has 2 atom stereocenters. The van der Waals surface area contributed by atoms with E-state index in [2.05, 4.69) is 54.0 Å². The van der Waals surface area contributed by atoms with Crippen molar-refractivity contribution in [2.75, 3.05) is 13.2 Å². The van der Waals surface area contributed by atoms with Gasteiger partial charge in [-0.25, -0.2) is 0 Å². The normalized spacial score (nSPS) is 31.1. The van der Waals surface area contributed by atoms with Crippen LogP contribution >= 0.6 is 0 Å². The van der Waals surface area contributed by atoms with Gasteiger partial charge in [0.25, 0.3) is 0 Å². The minimum atomic E-state index is 0.245. The third kappa shape index (κ3) is 4.90. The minimum Gasteiger partial charge on any atom is -0.395 e. The Morgan fingerprint density at radius 3 is 2.52 bits per heavy atom. The maximum atomic E-state index is 8.88. The molecule has 0 amide bonds. The molecule has 23 heavy (non-hydrogen) atoms. The average molecular weight is 314 g/mol. The van der Waals surface area contributed by atoms with Crippen molar-refractivity contribution in [3.8, 4) is 0 Å². The lowest BCUT2D eigenvalue weighted by Crippen LogP contribution is -2.41. The third-order valence-corrected chi connectivity index (χ3v) is 5.29. The van der Waals surface area contributed by atoms with Crippen LogP contribution < -0.4 is 10.6 Å². The highest BCUT2D eigenvalue weighted by Crippen LogP contribution is 2.39. The number of aliphatic hydroxyl groups is 1. The zero-order valence-corrected chi connectivity index (χ0v) is 14.2. The monoisotopic (exact) mass is 314 g/mol. The fourth-order valence-corrected chi connectivity index (χ4v) is 3.84. The van der Waals surface area contributed by atoms with Crippen molar-refractivity contribution < 1.29 is 5.11 Å². The van der Waals surface area contributed by atoms with E-state index >= 15 is 0 Å². The van der Waals surface area contributed by atoms with Gasteiger partial charge in [-0.05, 0) is 50.5 Å². The first-order valence-corrected chi connectivity index (χ1v) is 9.10. The lowest BCUT2D eigenvalue weighted by Gasteiger charge is -2.30. The maximum Gasteiger partial charge on any atom is 0.0556 e. The molecule has 0 bridgehead atoms. The smallest absolute Gasteiger partial charge is 0.0556 e. The van der Waals surface area contributed by atoms with Gasteiger partial charge in [0.15, 0.2) is 0 Å². The quantitative estimate of drug-likeness (QED) is 0.725. The Kier molecular flexibility index (Phi) is 5.87. The molecule has 1 aromatic rings. The van der Waals surface area contributed by atoms with Gasteiger partial charge >= 0.3 is 0 Å². The first-order chi connectivity index (χ1) is 11.3. The van der Waals surface area contributed by atoms with E-state index in [4.69, 9.17) is 5.11 Å². The first kappa shape index (κ1) is 16.7. The van der Waals surface area contributed by atoms with Crippen LogP contribution in [0.1, 0.15) is 44.6 Å². The van der Waals surface area contributed by atoms with Crippen LogP contribution in [0.3, 0.4) is 0 Å². The summed E-state index contributed by atoms with van der Waals surface area (Å²) in [6.07, 6.45) is 8.60. The molecule has 0 spiro atoms. The van der Waals surface area contributed by atoms with Crippen LogP contribution in [-0.4, -0.2) is 36.4 Å². The van der Waals surface area contributed by atoms with Gasteiger partial charge in [0.05, 0.1) is 6.61 Å². The maximum absolute atomic E-state index is 8.88. The summed E-state index contributed by atoms with van der Waals surface area (Å²) in [5.41, 5.74) is 2.82. The molecule has 0 radical (unpaired) electrons. The highest BCUT2D eigenvalue weighted by Gasteiger charge is 2.39. The van der Waals surface area contributed by atoms with E-state index in [1.807, 2.05) is 0 Å². The minimum absolute atomic E-state index is 0.245. The van der Waals surface area contributed by atoms with Crippen molar-refractivity contribution in [2.45, 2.75) is 57.2 Å². The van der Waals surface area contributed by atoms with Crippen LogP contribution in [0, 0.1) is 5.92 Å². The number of benzene rings is 1. The van der Waals surface area contributed by atoms with E-state index in [9.17, 15) is 0 Å². The van der Waals surface area contributed by atoms with Crippen molar-refractivity contribution in [2.24, 2.45) is 5.92 Å². The second-order valence-corrected chi connectivity index (χ2v) is 7.14. The SMILES string of the molecule is C/C(=C\c1ccccc1)[C@@H]1C[C@H]1N[C@H]1CC[C@@H](NCCO)CC1. The zero-order chi connectivity index (χ0) is 16.1. The van der Waals surface area contributed by atoms with Crippen LogP contribution in [0.15, 0.2) is 35.9 Å². The van der Waals surface area contributed by atoms with Gasteiger partial charge in [-0.1, -0.05) is 42.0 Å². The van der Waals surface area contributed by atoms with E-state index in [1.165, 1.54) is 43.2 Å². The van der Waals surface area contributed by atoms with Crippen molar-refractivity contribution in [1.29, 1.82) is 0 Å². The van der Waals surface area contributed by atoms with Gasteiger partial charge in [-0.3, -0.25) is 0 Å². The molecule has 2 saturated carbocycles. The molecule has 1 aromatic carbocycles. The fourth-order valence-electron chi connectivity index (χ4n) is 3.84. The first-order valence-electron chi connectivity index (χ1n) is 9.10. The van der Waals surface area contributed by atoms with Crippen LogP contribution in [0.5, 0.6) is 0 Å². The summed E-state index contributed by atoms with van der Waals surface area (Å²) >= 11 is 0. The van der Waals surface area contributed by atoms with E-state index in [0.29, 0.717) is 18.1 Å². The zero-order valence-electron chi connectivity index (χ0n) is 14.2. The van der Waals surface area contributed by atoms with Crippen LogP contribution in [0.2, 0.25) is 0 Å². The van der Waals surface area contributed by atoms with Crippen LogP contribution in [-0.2, 0) is 0 Å². The summed E-state index contributed by atoms with van der Waals surface area (Å²) in [6.45, 7) is 3.25. The van der Waals surface area contributed by atoms with Crippen molar-refractivity contribution in [3.63, 3.8) is 0 Å². The number of rotatable bonds is 7. The molecule has 3 N–H and O–H groups in total. The molecular weight excluding hydrogens is 284 g/mol. The summed E-state index contributed by atoms with van der Waals surface area (Å²) in [5, 5.41) is 16.2. The standard InChI is InChI=1S/C20H30N2O/c1-15(13-16-5-3-2-4-6-16)19-14-20(19)22-18-9-7-17(8-10-18)21-11-12-23/h2-6,13,17-23H,7-12,14H2,1H3/b15-13+/t17-,18+,19-,20+/m0/s1. The third-order valence-electron chi connectivity index (χ3n) is 5.29. The molecule has 2 fully saturated rings. The number of hydrogen-bond acceptors (Lipinski definition) is 3. The average Bonchev–Trinajstić information content (AvgIpc) is 3.34. The van der Waals surface area contributed by atoms with E-state index < -0.39 is 0 Å². The fraction of sp³-hybridized carbons (Fsp3) is 0.600. The van der Waals surface area contributed by atoms with Gasteiger partial charge in [0, 0.05) is 24.7 Å². The molecule has 2 aliphatic carbocycles. The molecule has 3 nitrogen and oxygen atoms in total. The molecule has 0 unspecified atom stereocenters. The number of hydrogen-bond donors (Lipinski definition) is 3. The van der Waals surface area contributed by atoms with Crippen molar-refractivity contribution >= 4 is 6.08 Å². The van der Waals surface area contributed by atoms with Crippen LogP contribution in [0.25, 0.3) is 6.08 Å². The second-order valence-electron chi connectivity index (χ2n) is 7.14. The number of nitrogens with one attached hydrogen (secondary N) is 2. The summed E-state index contributed by atoms with van der Waals surface area (Å²) in [4.78, 5) is 0. The van der Waals surface area contributed by atoms with Gasteiger partial charge in [0.2, 0.25) is 0 Å². The Hall–Kier alpha value is -1.16. The molecular formula is C20H30N2O. The topological polar surface area (TPSA) is 44.3 Å². The van der Waals surface area contributed by atoms with E-state index in [0.717, 1.165) is 12.5 Å². The van der Waals surface area contributed by atoms with Crippen LogP contribution in [0.4, 0.5) is 0 Å². The van der Waals surface area contributed by atoms with E-state index in [1.54, 1.807) is 0 Å². The summed E-state index contributed by atoms with van der Waals surface area (Å²) < 4.78 is 0.